The van der Waals surface area contributed by atoms with E-state index < -0.39 is 0 Å². The monoisotopic (exact) mass is 265 g/mol. The Hall–Kier alpha value is -2.62. The number of fused-ring (bicyclic) bond motifs is 1. The molecule has 0 spiro atoms. The molecule has 0 saturated heterocycles. The van der Waals surface area contributed by atoms with Crippen molar-refractivity contribution in [3.8, 4) is 5.75 Å². The molecule has 1 aromatic heterocycles. The number of anilines is 1. The lowest BCUT2D eigenvalue weighted by Gasteiger charge is -2.09. The van der Waals surface area contributed by atoms with Gasteiger partial charge in [-0.15, -0.1) is 0 Å². The molecule has 0 unspecified atom stereocenters. The van der Waals surface area contributed by atoms with Crippen LogP contribution in [0, 0.1) is 0 Å². The second-order valence-corrected chi connectivity index (χ2v) is 4.48. The van der Waals surface area contributed by atoms with Gasteiger partial charge >= 0.3 is 0 Å². The number of hydrogen-bond donors (Lipinski definition) is 1. The molecule has 0 aliphatic rings. The fourth-order valence-electron chi connectivity index (χ4n) is 2.09. The van der Waals surface area contributed by atoms with E-state index in [2.05, 4.69) is 15.5 Å². The summed E-state index contributed by atoms with van der Waals surface area (Å²) >= 11 is 0. The van der Waals surface area contributed by atoms with Crippen molar-refractivity contribution in [1.82, 2.24) is 10.2 Å². The second kappa shape index (κ2) is 5.57. The zero-order valence-corrected chi connectivity index (χ0v) is 11.2. The van der Waals surface area contributed by atoms with Crippen LogP contribution in [-0.2, 0) is 6.54 Å². The van der Waals surface area contributed by atoms with E-state index in [0.717, 1.165) is 28.9 Å². The van der Waals surface area contributed by atoms with Crippen molar-refractivity contribution in [1.29, 1.82) is 0 Å². The SMILES string of the molecule is COc1ccc(CNc2cnnc3ccccc23)cc1. The van der Waals surface area contributed by atoms with Crippen LogP contribution in [0.1, 0.15) is 5.56 Å². The van der Waals surface area contributed by atoms with E-state index in [4.69, 9.17) is 4.74 Å². The Kier molecular flexibility index (Phi) is 3.46. The number of nitrogens with zero attached hydrogens (tertiary/aromatic N) is 2. The summed E-state index contributed by atoms with van der Waals surface area (Å²) < 4.78 is 5.15. The van der Waals surface area contributed by atoms with E-state index in [-0.39, 0.29) is 0 Å². The van der Waals surface area contributed by atoms with Crippen molar-refractivity contribution in [2.24, 2.45) is 0 Å². The van der Waals surface area contributed by atoms with Gasteiger partial charge in [0.25, 0.3) is 0 Å². The standard InChI is InChI=1S/C16H15N3O/c1-20-13-8-6-12(7-9-13)10-17-16-11-18-19-15-5-3-2-4-14(15)16/h2-9,11H,10H2,1H3,(H,17,19). The van der Waals surface area contributed by atoms with Crippen LogP contribution in [-0.4, -0.2) is 17.3 Å². The molecule has 3 rings (SSSR count). The Morgan fingerprint density at radius 2 is 1.85 bits per heavy atom. The summed E-state index contributed by atoms with van der Waals surface area (Å²) in [7, 11) is 1.67. The molecule has 0 fully saturated rings. The van der Waals surface area contributed by atoms with Gasteiger partial charge in [0, 0.05) is 11.9 Å². The van der Waals surface area contributed by atoms with Gasteiger partial charge in [0.1, 0.15) is 5.75 Å². The smallest absolute Gasteiger partial charge is 0.118 e. The molecule has 1 N–H and O–H groups in total. The fraction of sp³-hybridized carbons (Fsp3) is 0.125. The topological polar surface area (TPSA) is 47.0 Å². The lowest BCUT2D eigenvalue weighted by molar-refractivity contribution is 0.414. The van der Waals surface area contributed by atoms with Gasteiger partial charge in [-0.2, -0.15) is 10.2 Å². The molecule has 20 heavy (non-hydrogen) atoms. The first-order valence-electron chi connectivity index (χ1n) is 6.44. The van der Waals surface area contributed by atoms with E-state index in [1.54, 1.807) is 13.3 Å². The molecule has 0 bridgehead atoms. The maximum Gasteiger partial charge on any atom is 0.118 e. The van der Waals surface area contributed by atoms with Gasteiger partial charge in [0.05, 0.1) is 24.5 Å². The Labute approximate surface area is 117 Å². The van der Waals surface area contributed by atoms with E-state index in [0.29, 0.717) is 0 Å². The molecular weight excluding hydrogens is 250 g/mol. The van der Waals surface area contributed by atoms with Gasteiger partial charge in [-0.25, -0.2) is 0 Å². The number of hydrogen-bond acceptors (Lipinski definition) is 4. The van der Waals surface area contributed by atoms with Crippen LogP contribution in [0.5, 0.6) is 5.75 Å². The molecule has 0 saturated carbocycles. The summed E-state index contributed by atoms with van der Waals surface area (Å²) in [6.07, 6.45) is 1.76. The first-order chi connectivity index (χ1) is 9.86. The Bertz CT molecular complexity index is 705. The fourth-order valence-corrected chi connectivity index (χ4v) is 2.09. The molecule has 0 radical (unpaired) electrons. The van der Waals surface area contributed by atoms with E-state index >= 15 is 0 Å². The molecule has 1 heterocycles. The van der Waals surface area contributed by atoms with Crippen molar-refractivity contribution in [3.63, 3.8) is 0 Å². The van der Waals surface area contributed by atoms with Crippen LogP contribution >= 0.6 is 0 Å². The first kappa shape index (κ1) is 12.4. The lowest BCUT2D eigenvalue weighted by atomic mass is 10.2. The normalized spacial score (nSPS) is 10.4. The highest BCUT2D eigenvalue weighted by Gasteiger charge is 2.02. The minimum absolute atomic E-state index is 0.736. The highest BCUT2D eigenvalue weighted by molar-refractivity contribution is 5.90. The maximum atomic E-state index is 5.15. The zero-order valence-electron chi connectivity index (χ0n) is 11.2. The Morgan fingerprint density at radius 1 is 1.05 bits per heavy atom. The molecule has 3 aromatic rings. The average molecular weight is 265 g/mol. The number of benzene rings is 2. The van der Waals surface area contributed by atoms with Gasteiger partial charge in [-0.1, -0.05) is 30.3 Å². The number of aromatic nitrogens is 2. The number of ether oxygens (including phenoxy) is 1. The van der Waals surface area contributed by atoms with Crippen LogP contribution in [0.3, 0.4) is 0 Å². The van der Waals surface area contributed by atoms with Gasteiger partial charge in [-0.05, 0) is 23.8 Å². The predicted molar refractivity (Wildman–Crippen MR) is 79.9 cm³/mol. The van der Waals surface area contributed by atoms with Crippen LogP contribution in [0.4, 0.5) is 5.69 Å². The average Bonchev–Trinajstić information content (AvgIpc) is 2.53. The van der Waals surface area contributed by atoms with Gasteiger partial charge in [0.2, 0.25) is 0 Å². The number of nitrogens with one attached hydrogen (secondary N) is 1. The van der Waals surface area contributed by atoms with Crippen molar-refractivity contribution < 1.29 is 4.74 Å². The molecule has 0 aliphatic heterocycles. The van der Waals surface area contributed by atoms with E-state index in [1.807, 2.05) is 48.5 Å². The summed E-state index contributed by atoms with van der Waals surface area (Å²) in [6, 6.07) is 16.0. The molecule has 4 heteroatoms. The summed E-state index contributed by atoms with van der Waals surface area (Å²) in [5, 5.41) is 12.6. The highest BCUT2D eigenvalue weighted by atomic mass is 16.5. The largest absolute Gasteiger partial charge is 0.497 e. The summed E-state index contributed by atoms with van der Waals surface area (Å²) in [5.74, 6) is 0.866. The molecule has 0 atom stereocenters. The highest BCUT2D eigenvalue weighted by Crippen LogP contribution is 2.20. The molecule has 0 amide bonds. The molecule has 100 valence electrons. The maximum absolute atomic E-state index is 5.15. The number of rotatable bonds is 4. The van der Waals surface area contributed by atoms with Crippen LogP contribution in [0.25, 0.3) is 10.9 Å². The second-order valence-electron chi connectivity index (χ2n) is 4.48. The summed E-state index contributed by atoms with van der Waals surface area (Å²) in [5.41, 5.74) is 3.07. The molecule has 4 nitrogen and oxygen atoms in total. The van der Waals surface area contributed by atoms with Gasteiger partial charge < -0.3 is 10.1 Å². The summed E-state index contributed by atoms with van der Waals surface area (Å²) in [4.78, 5) is 0. The third-order valence-corrected chi connectivity index (χ3v) is 3.19. The van der Waals surface area contributed by atoms with Crippen molar-refractivity contribution >= 4 is 16.6 Å². The summed E-state index contributed by atoms with van der Waals surface area (Å²) in [6.45, 7) is 0.736. The Morgan fingerprint density at radius 3 is 2.65 bits per heavy atom. The van der Waals surface area contributed by atoms with E-state index in [1.165, 1.54) is 5.56 Å². The quantitative estimate of drug-likeness (QED) is 0.786. The van der Waals surface area contributed by atoms with Gasteiger partial charge in [-0.3, -0.25) is 0 Å². The van der Waals surface area contributed by atoms with Crippen molar-refractivity contribution in [3.05, 3.63) is 60.3 Å². The minimum atomic E-state index is 0.736. The predicted octanol–water partition coefficient (Wildman–Crippen LogP) is 3.25. The Balaban J connectivity index is 1.79. The van der Waals surface area contributed by atoms with Crippen LogP contribution in [0.2, 0.25) is 0 Å². The lowest BCUT2D eigenvalue weighted by Crippen LogP contribution is -2.01. The van der Waals surface area contributed by atoms with Gasteiger partial charge in [0.15, 0.2) is 0 Å². The third-order valence-electron chi connectivity index (χ3n) is 3.19. The van der Waals surface area contributed by atoms with E-state index in [9.17, 15) is 0 Å². The first-order valence-corrected chi connectivity index (χ1v) is 6.44. The number of methoxy groups -OCH3 is 1. The third kappa shape index (κ3) is 2.54. The zero-order chi connectivity index (χ0) is 13.8. The van der Waals surface area contributed by atoms with Crippen molar-refractivity contribution in [2.75, 3.05) is 12.4 Å². The van der Waals surface area contributed by atoms with Crippen molar-refractivity contribution in [2.45, 2.75) is 6.54 Å². The molecule has 2 aromatic carbocycles. The molecular formula is C16H15N3O. The molecule has 0 aliphatic carbocycles. The van der Waals surface area contributed by atoms with Crippen LogP contribution in [0.15, 0.2) is 54.7 Å². The van der Waals surface area contributed by atoms with Crippen LogP contribution < -0.4 is 10.1 Å². The minimum Gasteiger partial charge on any atom is -0.497 e.